The molecule has 3 unspecified atom stereocenters. The van der Waals surface area contributed by atoms with Crippen LogP contribution in [0, 0.1) is 11.3 Å². The highest BCUT2D eigenvalue weighted by molar-refractivity contribution is 5.85. The molecule has 1 saturated carbocycles. The van der Waals surface area contributed by atoms with E-state index in [-0.39, 0.29) is 17.9 Å². The van der Waals surface area contributed by atoms with Gasteiger partial charge in [0.05, 0.1) is 6.10 Å². The SMILES string of the molecule is CN(C)C(=O)CN=C(NC1CCOCC1)NC1C2CCCOC2C1(C)C. The standard InChI is InChI=1S/C19H34N4O3/c1-19(2)16(14-6-5-9-26-17(14)19)22-18(20-12-15(24)23(3)4)21-13-7-10-25-11-8-13/h13-14,16-17H,5-12H2,1-4H3,(H2,20,21,22). The smallest absolute Gasteiger partial charge is 0.243 e. The molecule has 3 atom stereocenters. The van der Waals surface area contributed by atoms with Crippen molar-refractivity contribution in [3.63, 3.8) is 0 Å². The van der Waals surface area contributed by atoms with E-state index in [4.69, 9.17) is 9.47 Å². The van der Waals surface area contributed by atoms with Crippen LogP contribution in [0.2, 0.25) is 0 Å². The van der Waals surface area contributed by atoms with Crippen molar-refractivity contribution in [3.8, 4) is 0 Å². The highest BCUT2D eigenvalue weighted by atomic mass is 16.5. The maximum absolute atomic E-state index is 12.0. The number of nitrogens with zero attached hydrogens (tertiary/aromatic N) is 2. The molecule has 2 heterocycles. The number of carbonyl (C=O) groups is 1. The molecule has 2 saturated heterocycles. The second-order valence-corrected chi connectivity index (χ2v) is 8.52. The molecule has 0 bridgehead atoms. The molecule has 1 amide bonds. The highest BCUT2D eigenvalue weighted by Crippen LogP contribution is 2.51. The van der Waals surface area contributed by atoms with Gasteiger partial charge in [-0.05, 0) is 25.7 Å². The summed E-state index contributed by atoms with van der Waals surface area (Å²) in [5.41, 5.74) is 0.0643. The third-order valence-corrected chi connectivity index (χ3v) is 6.06. The fourth-order valence-electron chi connectivity index (χ4n) is 4.42. The van der Waals surface area contributed by atoms with Crippen molar-refractivity contribution in [3.05, 3.63) is 0 Å². The summed E-state index contributed by atoms with van der Waals surface area (Å²) in [7, 11) is 3.52. The van der Waals surface area contributed by atoms with Crippen molar-refractivity contribution >= 4 is 11.9 Å². The first-order valence-electron chi connectivity index (χ1n) is 9.86. The molecule has 3 fully saturated rings. The zero-order chi connectivity index (χ0) is 18.7. The van der Waals surface area contributed by atoms with Gasteiger partial charge in [-0.15, -0.1) is 0 Å². The lowest BCUT2D eigenvalue weighted by Gasteiger charge is -2.60. The third-order valence-electron chi connectivity index (χ3n) is 6.06. The van der Waals surface area contributed by atoms with Gasteiger partial charge in [0.2, 0.25) is 5.91 Å². The van der Waals surface area contributed by atoms with E-state index >= 15 is 0 Å². The van der Waals surface area contributed by atoms with Crippen LogP contribution in [0.15, 0.2) is 4.99 Å². The highest BCUT2D eigenvalue weighted by Gasteiger charge is 2.58. The fourth-order valence-corrected chi connectivity index (χ4v) is 4.42. The minimum absolute atomic E-state index is 0.00447. The molecule has 0 aromatic carbocycles. The van der Waals surface area contributed by atoms with Crippen LogP contribution in [0.4, 0.5) is 0 Å². The van der Waals surface area contributed by atoms with Crippen LogP contribution in [0.3, 0.4) is 0 Å². The Hall–Kier alpha value is -1.34. The Morgan fingerprint density at radius 1 is 1.15 bits per heavy atom. The van der Waals surface area contributed by atoms with E-state index in [1.54, 1.807) is 19.0 Å². The number of ether oxygens (including phenoxy) is 2. The summed E-state index contributed by atoms with van der Waals surface area (Å²) < 4.78 is 11.5. The summed E-state index contributed by atoms with van der Waals surface area (Å²) in [6, 6.07) is 0.652. The van der Waals surface area contributed by atoms with E-state index in [0.29, 0.717) is 24.1 Å². The van der Waals surface area contributed by atoms with Crippen molar-refractivity contribution in [1.29, 1.82) is 0 Å². The maximum Gasteiger partial charge on any atom is 0.243 e. The first kappa shape index (κ1) is 19.4. The number of hydrogen-bond acceptors (Lipinski definition) is 4. The number of hydrogen-bond donors (Lipinski definition) is 2. The molecule has 0 aromatic rings. The van der Waals surface area contributed by atoms with Crippen LogP contribution < -0.4 is 10.6 Å². The van der Waals surface area contributed by atoms with E-state index in [2.05, 4.69) is 29.5 Å². The molecule has 2 N–H and O–H groups in total. The number of guanidine groups is 1. The molecule has 1 aliphatic carbocycles. The largest absolute Gasteiger partial charge is 0.381 e. The van der Waals surface area contributed by atoms with Gasteiger partial charge in [-0.2, -0.15) is 0 Å². The molecule has 3 rings (SSSR count). The Kier molecular flexibility index (Phi) is 6.07. The number of carbonyl (C=O) groups excluding carboxylic acids is 1. The van der Waals surface area contributed by atoms with Gasteiger partial charge in [0.15, 0.2) is 5.96 Å². The van der Waals surface area contributed by atoms with Crippen LogP contribution in [-0.2, 0) is 14.3 Å². The molecule has 7 nitrogen and oxygen atoms in total. The topological polar surface area (TPSA) is 75.2 Å². The second-order valence-electron chi connectivity index (χ2n) is 8.52. The molecule has 2 aliphatic heterocycles. The lowest BCUT2D eigenvalue weighted by Crippen LogP contribution is -2.71. The lowest BCUT2D eigenvalue weighted by molar-refractivity contribution is -0.188. The van der Waals surface area contributed by atoms with Crippen LogP contribution in [0.25, 0.3) is 0 Å². The monoisotopic (exact) mass is 366 g/mol. The van der Waals surface area contributed by atoms with Gasteiger partial charge >= 0.3 is 0 Å². The van der Waals surface area contributed by atoms with Crippen molar-refractivity contribution in [2.75, 3.05) is 40.5 Å². The lowest BCUT2D eigenvalue weighted by atomic mass is 9.55. The maximum atomic E-state index is 12.0. The minimum atomic E-state index is 0.00447. The first-order chi connectivity index (χ1) is 12.4. The van der Waals surface area contributed by atoms with E-state index in [0.717, 1.165) is 45.0 Å². The van der Waals surface area contributed by atoms with Crippen molar-refractivity contribution in [2.45, 2.75) is 57.7 Å². The normalized spacial score (nSPS) is 31.5. The molecular formula is C19H34N4O3. The molecule has 7 heteroatoms. The Labute approximate surface area is 156 Å². The Morgan fingerprint density at radius 3 is 2.58 bits per heavy atom. The quantitative estimate of drug-likeness (QED) is 0.573. The molecular weight excluding hydrogens is 332 g/mol. The Balaban J connectivity index is 1.67. The van der Waals surface area contributed by atoms with Crippen LogP contribution in [0.1, 0.15) is 39.5 Å². The number of amides is 1. The Morgan fingerprint density at radius 2 is 1.88 bits per heavy atom. The third kappa shape index (κ3) is 4.14. The van der Waals surface area contributed by atoms with Gasteiger partial charge in [-0.1, -0.05) is 13.8 Å². The van der Waals surface area contributed by atoms with Crippen LogP contribution in [-0.4, -0.2) is 75.4 Å². The zero-order valence-corrected chi connectivity index (χ0v) is 16.6. The number of likely N-dealkylation sites (N-methyl/N-ethyl adjacent to an activating group) is 1. The summed E-state index contributed by atoms with van der Waals surface area (Å²) in [5, 5.41) is 7.16. The van der Waals surface area contributed by atoms with Gasteiger partial charge in [0.1, 0.15) is 6.54 Å². The first-order valence-corrected chi connectivity index (χ1v) is 9.86. The zero-order valence-electron chi connectivity index (χ0n) is 16.6. The van der Waals surface area contributed by atoms with Gasteiger partial charge in [0, 0.05) is 57.3 Å². The molecule has 148 valence electrons. The fraction of sp³-hybridized carbons (Fsp3) is 0.895. The summed E-state index contributed by atoms with van der Waals surface area (Å²) in [5.74, 6) is 1.27. The summed E-state index contributed by atoms with van der Waals surface area (Å²) in [6.45, 7) is 7.09. The number of rotatable bonds is 4. The van der Waals surface area contributed by atoms with Gasteiger partial charge in [-0.3, -0.25) is 4.79 Å². The predicted molar refractivity (Wildman–Crippen MR) is 101 cm³/mol. The average molecular weight is 367 g/mol. The van der Waals surface area contributed by atoms with E-state index < -0.39 is 0 Å². The molecule has 3 aliphatic rings. The average Bonchev–Trinajstić information content (AvgIpc) is 2.64. The van der Waals surface area contributed by atoms with Crippen molar-refractivity contribution < 1.29 is 14.3 Å². The number of nitrogens with one attached hydrogen (secondary N) is 2. The van der Waals surface area contributed by atoms with Gasteiger partial charge < -0.3 is 25.0 Å². The summed E-state index contributed by atoms with van der Waals surface area (Å²) in [6.07, 6.45) is 4.56. The number of aliphatic imine (C=N–C) groups is 1. The predicted octanol–water partition coefficient (Wildman–Crippen LogP) is 0.992. The minimum Gasteiger partial charge on any atom is -0.381 e. The van der Waals surface area contributed by atoms with E-state index in [1.165, 1.54) is 6.42 Å². The van der Waals surface area contributed by atoms with Crippen LogP contribution >= 0.6 is 0 Å². The van der Waals surface area contributed by atoms with Crippen molar-refractivity contribution in [2.24, 2.45) is 16.3 Å². The van der Waals surface area contributed by atoms with E-state index in [1.807, 2.05) is 0 Å². The summed E-state index contributed by atoms with van der Waals surface area (Å²) >= 11 is 0. The van der Waals surface area contributed by atoms with Crippen molar-refractivity contribution in [1.82, 2.24) is 15.5 Å². The van der Waals surface area contributed by atoms with Crippen LogP contribution in [0.5, 0.6) is 0 Å². The van der Waals surface area contributed by atoms with Gasteiger partial charge in [-0.25, -0.2) is 4.99 Å². The molecule has 0 aromatic heterocycles. The molecule has 26 heavy (non-hydrogen) atoms. The summed E-state index contributed by atoms with van der Waals surface area (Å²) in [4.78, 5) is 18.2. The van der Waals surface area contributed by atoms with E-state index in [9.17, 15) is 4.79 Å². The van der Waals surface area contributed by atoms with Gasteiger partial charge in [0.25, 0.3) is 0 Å². The molecule has 0 spiro atoms. The number of fused-ring (bicyclic) bond motifs is 1. The second kappa shape index (κ2) is 8.13. The Bertz CT molecular complexity index is 529. The molecule has 0 radical (unpaired) electrons.